The molecular weight excluding hydrogens is 234 g/mol. The third-order valence-electron chi connectivity index (χ3n) is 2.20. The molecule has 1 heterocycles. The van der Waals surface area contributed by atoms with Gasteiger partial charge in [0.25, 0.3) is 0 Å². The van der Waals surface area contributed by atoms with E-state index < -0.39 is 14.6 Å². The highest BCUT2D eigenvalue weighted by molar-refractivity contribution is 7.92. The predicted molar refractivity (Wildman–Crippen MR) is 62.1 cm³/mol. The third-order valence-corrected chi connectivity index (χ3v) is 5.14. The van der Waals surface area contributed by atoms with E-state index in [-0.39, 0.29) is 0 Å². The van der Waals surface area contributed by atoms with Crippen LogP contribution >= 0.6 is 11.3 Å². The van der Waals surface area contributed by atoms with Crippen molar-refractivity contribution in [3.63, 3.8) is 0 Å². The Morgan fingerprint density at radius 2 is 2.00 bits per heavy atom. The van der Waals surface area contributed by atoms with Crippen molar-refractivity contribution in [3.05, 3.63) is 5.01 Å². The van der Waals surface area contributed by atoms with Crippen molar-refractivity contribution in [2.24, 2.45) is 0 Å². The molecule has 5 nitrogen and oxygen atoms in total. The van der Waals surface area contributed by atoms with E-state index in [1.165, 1.54) is 17.6 Å². The Balaban J connectivity index is 2.65. The molecule has 0 aromatic carbocycles. The molecule has 0 saturated carbocycles. The first-order valence-corrected chi connectivity index (χ1v) is 7.17. The van der Waals surface area contributed by atoms with Crippen molar-refractivity contribution in [2.45, 2.75) is 25.5 Å². The van der Waals surface area contributed by atoms with E-state index >= 15 is 0 Å². The van der Waals surface area contributed by atoms with Gasteiger partial charge in [-0.1, -0.05) is 11.3 Å². The Labute approximate surface area is 93.8 Å². The molecule has 0 spiro atoms. The maximum absolute atomic E-state index is 11.4. The average Bonchev–Trinajstić information content (AvgIpc) is 2.46. The first kappa shape index (κ1) is 12.4. The van der Waals surface area contributed by atoms with Gasteiger partial charge in [-0.05, 0) is 20.8 Å². The normalized spacial score (nSPS) is 12.8. The quantitative estimate of drug-likeness (QED) is 0.864. The van der Waals surface area contributed by atoms with Crippen LogP contribution in [0.4, 0.5) is 5.13 Å². The first-order chi connectivity index (χ1) is 6.72. The fourth-order valence-electron chi connectivity index (χ4n) is 0.788. The molecular formula is C8H15N3O2S2. The van der Waals surface area contributed by atoms with Crippen molar-refractivity contribution in [1.82, 2.24) is 10.2 Å². The van der Waals surface area contributed by atoms with Crippen molar-refractivity contribution >= 4 is 26.3 Å². The summed E-state index contributed by atoms with van der Waals surface area (Å²) in [5.41, 5.74) is 0. The van der Waals surface area contributed by atoms with E-state index in [0.717, 1.165) is 5.01 Å². The van der Waals surface area contributed by atoms with Gasteiger partial charge in [0.15, 0.2) is 9.84 Å². The zero-order valence-corrected chi connectivity index (χ0v) is 10.9. The van der Waals surface area contributed by atoms with Gasteiger partial charge in [-0.25, -0.2) is 8.42 Å². The van der Waals surface area contributed by atoms with Crippen LogP contribution in [0.1, 0.15) is 18.9 Å². The van der Waals surface area contributed by atoms with E-state index in [2.05, 4.69) is 15.5 Å². The van der Waals surface area contributed by atoms with Gasteiger partial charge in [0.1, 0.15) is 5.01 Å². The van der Waals surface area contributed by atoms with E-state index in [1.54, 1.807) is 13.8 Å². The number of aryl methyl sites for hydroxylation is 1. The van der Waals surface area contributed by atoms with Crippen molar-refractivity contribution in [3.8, 4) is 0 Å². The Morgan fingerprint density at radius 3 is 2.40 bits per heavy atom. The smallest absolute Gasteiger partial charge is 0.205 e. The largest absolute Gasteiger partial charge is 0.359 e. The number of sulfone groups is 1. The number of hydrogen-bond donors (Lipinski definition) is 1. The van der Waals surface area contributed by atoms with Gasteiger partial charge in [0.05, 0.1) is 4.75 Å². The van der Waals surface area contributed by atoms with Crippen molar-refractivity contribution < 1.29 is 8.42 Å². The Morgan fingerprint density at radius 1 is 1.40 bits per heavy atom. The van der Waals surface area contributed by atoms with Crippen LogP contribution in [0.2, 0.25) is 0 Å². The lowest BCUT2D eigenvalue weighted by atomic mass is 10.2. The van der Waals surface area contributed by atoms with Crippen LogP contribution in [0.15, 0.2) is 0 Å². The molecule has 1 N–H and O–H groups in total. The van der Waals surface area contributed by atoms with Gasteiger partial charge in [0.2, 0.25) is 5.13 Å². The molecule has 0 aliphatic carbocycles. The molecule has 1 rings (SSSR count). The monoisotopic (exact) mass is 249 g/mol. The van der Waals surface area contributed by atoms with Crippen LogP contribution in [0.5, 0.6) is 0 Å². The summed E-state index contributed by atoms with van der Waals surface area (Å²) in [4.78, 5) is 0. The zero-order chi connectivity index (χ0) is 11.7. The summed E-state index contributed by atoms with van der Waals surface area (Å²) < 4.78 is 22.0. The molecule has 0 aliphatic heterocycles. The second-order valence-electron chi connectivity index (χ2n) is 4.01. The molecule has 0 atom stereocenters. The standard InChI is InChI=1S/C8H15N3O2S2/c1-6-10-11-7(14-6)9-5-8(2,3)15(4,12)13/h5H2,1-4H3,(H,9,11). The minimum atomic E-state index is -3.07. The topological polar surface area (TPSA) is 72.0 Å². The number of anilines is 1. The fourth-order valence-corrected chi connectivity index (χ4v) is 1.71. The lowest BCUT2D eigenvalue weighted by Crippen LogP contribution is -2.38. The number of nitrogens with one attached hydrogen (secondary N) is 1. The lowest BCUT2D eigenvalue weighted by molar-refractivity contribution is 0.560. The Kier molecular flexibility index (Phi) is 3.34. The van der Waals surface area contributed by atoms with E-state index in [0.29, 0.717) is 11.7 Å². The molecule has 86 valence electrons. The summed E-state index contributed by atoms with van der Waals surface area (Å²) in [7, 11) is -3.07. The van der Waals surface area contributed by atoms with Crippen LogP contribution in [0.3, 0.4) is 0 Å². The molecule has 7 heteroatoms. The Hall–Kier alpha value is -0.690. The minimum Gasteiger partial charge on any atom is -0.359 e. The predicted octanol–water partition coefficient (Wildman–Crippen LogP) is 1.08. The summed E-state index contributed by atoms with van der Waals surface area (Å²) in [5, 5.41) is 12.2. The molecule has 0 aliphatic rings. The summed E-state index contributed by atoms with van der Waals surface area (Å²) >= 11 is 1.41. The van der Waals surface area contributed by atoms with Gasteiger partial charge >= 0.3 is 0 Å². The molecule has 15 heavy (non-hydrogen) atoms. The molecule has 0 fully saturated rings. The molecule has 1 aromatic rings. The number of hydrogen-bond acceptors (Lipinski definition) is 6. The van der Waals surface area contributed by atoms with Crippen molar-refractivity contribution in [2.75, 3.05) is 18.1 Å². The van der Waals surface area contributed by atoms with Gasteiger partial charge in [-0.3, -0.25) is 0 Å². The fraction of sp³-hybridized carbons (Fsp3) is 0.750. The second kappa shape index (κ2) is 4.05. The zero-order valence-electron chi connectivity index (χ0n) is 9.23. The van der Waals surface area contributed by atoms with Gasteiger partial charge in [0, 0.05) is 12.8 Å². The van der Waals surface area contributed by atoms with Crippen LogP contribution in [-0.2, 0) is 9.84 Å². The molecule has 0 bridgehead atoms. The first-order valence-electron chi connectivity index (χ1n) is 4.46. The minimum absolute atomic E-state index is 0.334. The highest BCUT2D eigenvalue weighted by atomic mass is 32.2. The SMILES string of the molecule is Cc1nnc(NCC(C)(C)S(C)(=O)=O)s1. The molecule has 1 aromatic heterocycles. The van der Waals surface area contributed by atoms with Crippen LogP contribution in [-0.4, -0.2) is 36.2 Å². The van der Waals surface area contributed by atoms with Crippen LogP contribution in [0.25, 0.3) is 0 Å². The molecule has 0 amide bonds. The van der Waals surface area contributed by atoms with Gasteiger partial charge in [-0.15, -0.1) is 10.2 Å². The van der Waals surface area contributed by atoms with E-state index in [4.69, 9.17) is 0 Å². The van der Waals surface area contributed by atoms with Gasteiger partial charge in [-0.2, -0.15) is 0 Å². The average molecular weight is 249 g/mol. The summed E-state index contributed by atoms with van der Waals surface area (Å²) in [5.74, 6) is 0. The third kappa shape index (κ3) is 3.13. The number of nitrogens with zero attached hydrogens (tertiary/aromatic N) is 2. The van der Waals surface area contributed by atoms with Gasteiger partial charge < -0.3 is 5.32 Å². The molecule has 0 unspecified atom stereocenters. The van der Waals surface area contributed by atoms with E-state index in [9.17, 15) is 8.42 Å². The van der Waals surface area contributed by atoms with Crippen LogP contribution < -0.4 is 5.32 Å². The molecule has 0 saturated heterocycles. The van der Waals surface area contributed by atoms with Crippen LogP contribution in [0, 0.1) is 6.92 Å². The highest BCUT2D eigenvalue weighted by Gasteiger charge is 2.30. The second-order valence-corrected chi connectivity index (χ2v) is 7.84. The lowest BCUT2D eigenvalue weighted by Gasteiger charge is -2.22. The summed E-state index contributed by atoms with van der Waals surface area (Å²) in [6.07, 6.45) is 1.24. The number of aromatic nitrogens is 2. The maximum atomic E-state index is 11.4. The summed E-state index contributed by atoms with van der Waals surface area (Å²) in [6, 6.07) is 0. The highest BCUT2D eigenvalue weighted by Crippen LogP contribution is 2.18. The molecule has 0 radical (unpaired) electrons. The number of rotatable bonds is 4. The van der Waals surface area contributed by atoms with E-state index in [1.807, 2.05) is 6.92 Å². The maximum Gasteiger partial charge on any atom is 0.205 e. The Bertz CT molecular complexity index is 436. The van der Waals surface area contributed by atoms with Crippen molar-refractivity contribution in [1.29, 1.82) is 0 Å². The summed E-state index contributed by atoms with van der Waals surface area (Å²) in [6.45, 7) is 5.55.